The molecule has 0 radical (unpaired) electrons. The van der Waals surface area contributed by atoms with Gasteiger partial charge in [0.15, 0.2) is 5.16 Å². The Kier molecular flexibility index (Phi) is 14.2. The first-order valence-corrected chi connectivity index (χ1v) is 16.7. The predicted octanol–water partition coefficient (Wildman–Crippen LogP) is 6.39. The summed E-state index contributed by atoms with van der Waals surface area (Å²) in [6.07, 6.45) is 1.92. The molecule has 0 aliphatic rings. The van der Waals surface area contributed by atoms with E-state index in [2.05, 4.69) is 15.6 Å². The highest BCUT2D eigenvalue weighted by Crippen LogP contribution is 2.34. The van der Waals surface area contributed by atoms with Gasteiger partial charge in [0.25, 0.3) is 0 Å². The van der Waals surface area contributed by atoms with E-state index < -0.39 is 18.1 Å². The lowest BCUT2D eigenvalue weighted by molar-refractivity contribution is -0.145. The SMILES string of the molecule is COC(=O)[C@H](CCCCNC(=O)OCc1ccccc1)NC(=O)CCCSc1nc(-c2ccc(OC)cc2)c(-c2ccc(OC)cc2)[nH]1. The fraction of sp³-hybridized carbons (Fsp3) is 0.333. The van der Waals surface area contributed by atoms with E-state index in [9.17, 15) is 14.4 Å². The zero-order chi connectivity index (χ0) is 34.1. The molecule has 254 valence electrons. The van der Waals surface area contributed by atoms with Crippen LogP contribution in [0.25, 0.3) is 22.5 Å². The van der Waals surface area contributed by atoms with Gasteiger partial charge in [-0.1, -0.05) is 42.1 Å². The van der Waals surface area contributed by atoms with Crippen molar-refractivity contribution < 1.29 is 33.3 Å². The number of hydrogen-bond acceptors (Lipinski definition) is 9. The number of H-pyrrole nitrogens is 1. The molecule has 4 rings (SSSR count). The zero-order valence-corrected chi connectivity index (χ0v) is 28.3. The number of alkyl carbamates (subject to hydrolysis) is 1. The van der Waals surface area contributed by atoms with Gasteiger partial charge < -0.3 is 34.6 Å². The van der Waals surface area contributed by atoms with Crippen LogP contribution in [0.2, 0.25) is 0 Å². The third-order valence-corrected chi connectivity index (χ3v) is 8.39. The van der Waals surface area contributed by atoms with E-state index in [0.717, 1.165) is 44.7 Å². The first-order chi connectivity index (χ1) is 23.4. The summed E-state index contributed by atoms with van der Waals surface area (Å²) in [4.78, 5) is 45.3. The van der Waals surface area contributed by atoms with Gasteiger partial charge in [-0.05, 0) is 79.8 Å². The topological polar surface area (TPSA) is 141 Å². The first kappa shape index (κ1) is 35.9. The van der Waals surface area contributed by atoms with Crippen molar-refractivity contribution in [1.82, 2.24) is 20.6 Å². The van der Waals surface area contributed by atoms with Crippen LogP contribution >= 0.6 is 11.8 Å². The molecule has 1 heterocycles. The molecular formula is C36H42N4O7S. The number of hydrogen-bond donors (Lipinski definition) is 3. The van der Waals surface area contributed by atoms with Crippen LogP contribution in [0.3, 0.4) is 0 Å². The number of unbranched alkanes of at least 4 members (excludes halogenated alkanes) is 1. The number of esters is 1. The molecule has 0 aliphatic carbocycles. The second-order valence-corrected chi connectivity index (χ2v) is 11.9. The molecule has 0 spiro atoms. The molecule has 0 unspecified atom stereocenters. The normalized spacial score (nSPS) is 11.3. The quantitative estimate of drug-likeness (QED) is 0.0622. The Balaban J connectivity index is 1.23. The highest BCUT2D eigenvalue weighted by Gasteiger charge is 2.21. The van der Waals surface area contributed by atoms with Gasteiger partial charge in [0.1, 0.15) is 24.1 Å². The summed E-state index contributed by atoms with van der Waals surface area (Å²) in [7, 11) is 4.56. The van der Waals surface area contributed by atoms with E-state index in [1.807, 2.05) is 78.9 Å². The average Bonchev–Trinajstić information content (AvgIpc) is 3.56. The van der Waals surface area contributed by atoms with E-state index in [0.29, 0.717) is 38.0 Å². The van der Waals surface area contributed by atoms with Gasteiger partial charge in [0.2, 0.25) is 5.91 Å². The summed E-state index contributed by atoms with van der Waals surface area (Å²) >= 11 is 1.52. The van der Waals surface area contributed by atoms with Crippen LogP contribution in [-0.2, 0) is 25.7 Å². The second kappa shape index (κ2) is 19.0. The second-order valence-electron chi connectivity index (χ2n) is 10.8. The lowest BCUT2D eigenvalue weighted by atomic mass is 10.0. The zero-order valence-electron chi connectivity index (χ0n) is 27.5. The van der Waals surface area contributed by atoms with Gasteiger partial charge in [0.05, 0.1) is 32.7 Å². The number of imidazole rings is 1. The molecule has 0 aliphatic heterocycles. The summed E-state index contributed by atoms with van der Waals surface area (Å²) in [5.74, 6) is 1.43. The Morgan fingerprint density at radius 2 is 1.50 bits per heavy atom. The predicted molar refractivity (Wildman–Crippen MR) is 185 cm³/mol. The molecule has 48 heavy (non-hydrogen) atoms. The minimum Gasteiger partial charge on any atom is -0.497 e. The van der Waals surface area contributed by atoms with Crippen LogP contribution in [-0.4, -0.2) is 67.6 Å². The largest absolute Gasteiger partial charge is 0.497 e. The maximum Gasteiger partial charge on any atom is 0.407 e. The van der Waals surface area contributed by atoms with Crippen molar-refractivity contribution in [2.45, 2.75) is 49.9 Å². The van der Waals surface area contributed by atoms with E-state index in [1.165, 1.54) is 18.9 Å². The number of aromatic amines is 1. The van der Waals surface area contributed by atoms with Gasteiger partial charge in [0, 0.05) is 29.8 Å². The molecule has 1 aromatic heterocycles. The van der Waals surface area contributed by atoms with Crippen molar-refractivity contribution in [2.24, 2.45) is 0 Å². The Morgan fingerprint density at radius 1 is 0.833 bits per heavy atom. The Bertz CT molecular complexity index is 1530. The van der Waals surface area contributed by atoms with E-state index >= 15 is 0 Å². The molecule has 2 amide bonds. The smallest absolute Gasteiger partial charge is 0.407 e. The number of methoxy groups -OCH3 is 3. The van der Waals surface area contributed by atoms with Gasteiger partial charge >= 0.3 is 12.1 Å². The van der Waals surface area contributed by atoms with Crippen molar-refractivity contribution in [1.29, 1.82) is 0 Å². The Hall–Kier alpha value is -4.97. The molecule has 1 atom stereocenters. The summed E-state index contributed by atoms with van der Waals surface area (Å²) in [6, 6.07) is 24.2. The molecule has 3 aromatic carbocycles. The van der Waals surface area contributed by atoms with Crippen LogP contribution < -0.4 is 20.1 Å². The number of benzene rings is 3. The molecular weight excluding hydrogens is 632 g/mol. The third kappa shape index (κ3) is 11.1. The minimum absolute atomic E-state index is 0.193. The number of thioether (sulfide) groups is 1. The number of carbonyl (C=O) groups excluding carboxylic acids is 3. The van der Waals surface area contributed by atoms with Crippen LogP contribution in [0.1, 0.15) is 37.7 Å². The van der Waals surface area contributed by atoms with Crippen molar-refractivity contribution in [3.8, 4) is 34.0 Å². The van der Waals surface area contributed by atoms with Gasteiger partial charge in [-0.2, -0.15) is 0 Å². The van der Waals surface area contributed by atoms with E-state index in [1.54, 1.807) is 14.2 Å². The minimum atomic E-state index is -0.760. The average molecular weight is 675 g/mol. The number of ether oxygens (including phenoxy) is 4. The number of rotatable bonds is 18. The van der Waals surface area contributed by atoms with Gasteiger partial charge in [-0.15, -0.1) is 0 Å². The maximum absolute atomic E-state index is 12.7. The first-order valence-electron chi connectivity index (χ1n) is 15.7. The van der Waals surface area contributed by atoms with Crippen molar-refractivity contribution in [3.63, 3.8) is 0 Å². The molecule has 12 heteroatoms. The van der Waals surface area contributed by atoms with Crippen LogP contribution in [0.5, 0.6) is 11.5 Å². The number of amides is 2. The number of nitrogens with zero attached hydrogens (tertiary/aromatic N) is 1. The summed E-state index contributed by atoms with van der Waals surface area (Å²) in [5.41, 5.74) is 4.50. The van der Waals surface area contributed by atoms with Crippen molar-refractivity contribution >= 4 is 29.7 Å². The number of nitrogens with one attached hydrogen (secondary N) is 3. The molecule has 0 saturated heterocycles. The highest BCUT2D eigenvalue weighted by atomic mass is 32.2. The van der Waals surface area contributed by atoms with Crippen LogP contribution in [0, 0.1) is 0 Å². The van der Waals surface area contributed by atoms with Crippen LogP contribution in [0.15, 0.2) is 84.0 Å². The number of aromatic nitrogens is 2. The molecule has 11 nitrogen and oxygen atoms in total. The van der Waals surface area contributed by atoms with Crippen molar-refractivity contribution in [3.05, 3.63) is 84.4 Å². The lowest BCUT2D eigenvalue weighted by Gasteiger charge is -2.16. The monoisotopic (exact) mass is 674 g/mol. The summed E-state index contributed by atoms with van der Waals surface area (Å²) in [5, 5.41) is 6.24. The fourth-order valence-corrected chi connectivity index (χ4v) is 5.65. The number of carbonyl (C=O) groups is 3. The van der Waals surface area contributed by atoms with E-state index in [-0.39, 0.29) is 18.9 Å². The Morgan fingerprint density at radius 3 is 2.15 bits per heavy atom. The van der Waals surface area contributed by atoms with Crippen molar-refractivity contribution in [2.75, 3.05) is 33.6 Å². The van der Waals surface area contributed by atoms with E-state index in [4.69, 9.17) is 23.9 Å². The Labute approximate surface area is 285 Å². The maximum atomic E-state index is 12.7. The third-order valence-electron chi connectivity index (χ3n) is 7.43. The van der Waals surface area contributed by atoms with Gasteiger partial charge in [-0.3, -0.25) is 4.79 Å². The molecule has 3 N–H and O–H groups in total. The molecule has 0 bridgehead atoms. The molecule has 0 fully saturated rings. The fourth-order valence-electron chi connectivity index (χ4n) is 4.84. The van der Waals surface area contributed by atoms with Gasteiger partial charge in [-0.25, -0.2) is 14.6 Å². The standard InChI is InChI=1S/C36H42N4O7S/c1-44-28-18-14-26(15-19-28)32-33(27-16-20-29(45-2)21-17-27)40-35(39-32)48-23-9-13-31(41)38-30(34(42)46-3)12-7-8-22-37-36(43)47-24-25-10-5-4-6-11-25/h4-6,10-11,14-21,30H,7-9,12-13,22-24H2,1-3H3,(H,37,43)(H,38,41)(H,39,40)/t30-/m0/s1. The lowest BCUT2D eigenvalue weighted by Crippen LogP contribution is -2.41. The summed E-state index contributed by atoms with van der Waals surface area (Å²) in [6.45, 7) is 0.582. The summed E-state index contributed by atoms with van der Waals surface area (Å²) < 4.78 is 20.7. The van der Waals surface area contributed by atoms with Crippen LogP contribution in [0.4, 0.5) is 4.79 Å². The highest BCUT2D eigenvalue weighted by molar-refractivity contribution is 7.99. The molecule has 0 saturated carbocycles. The molecule has 4 aromatic rings.